The van der Waals surface area contributed by atoms with Crippen molar-refractivity contribution in [3.8, 4) is 5.75 Å². The van der Waals surface area contributed by atoms with E-state index in [1.807, 2.05) is 0 Å². The zero-order valence-corrected chi connectivity index (χ0v) is 11.7. The lowest BCUT2D eigenvalue weighted by Crippen LogP contribution is -2.17. The molecule has 0 aliphatic heterocycles. The number of ether oxygens (including phenoxy) is 1. The molecule has 4 nitrogen and oxygen atoms in total. The maximum absolute atomic E-state index is 12.2. The Bertz CT molecular complexity index is 616. The maximum atomic E-state index is 12.2. The molecule has 20 heavy (non-hydrogen) atoms. The zero-order valence-electron chi connectivity index (χ0n) is 10.1. The van der Waals surface area contributed by atoms with Gasteiger partial charge < -0.3 is 4.74 Å². The number of halogens is 4. The van der Waals surface area contributed by atoms with Crippen LogP contribution in [0.15, 0.2) is 34.9 Å². The van der Waals surface area contributed by atoms with E-state index in [0.717, 1.165) is 12.1 Å². The largest absolute Gasteiger partial charge is 0.573 e. The summed E-state index contributed by atoms with van der Waals surface area (Å²) in [7, 11) is 1.60. The van der Waals surface area contributed by atoms with Gasteiger partial charge >= 0.3 is 6.36 Å². The zero-order chi connectivity index (χ0) is 14.9. The fourth-order valence-electron chi connectivity index (χ4n) is 1.61. The molecule has 0 saturated carbocycles. The first-order valence-electron chi connectivity index (χ1n) is 5.36. The number of aromatic nitrogens is 2. The van der Waals surface area contributed by atoms with E-state index >= 15 is 0 Å². The second-order valence-corrected chi connectivity index (χ2v) is 4.72. The molecule has 1 heterocycles. The van der Waals surface area contributed by atoms with Gasteiger partial charge in [0.15, 0.2) is 0 Å². The second kappa shape index (κ2) is 5.28. The minimum atomic E-state index is -4.75. The Balaban J connectivity index is 2.25. The van der Waals surface area contributed by atoms with Crippen molar-refractivity contribution in [3.63, 3.8) is 0 Å². The van der Waals surface area contributed by atoms with Gasteiger partial charge in [-0.2, -0.15) is 5.10 Å². The fourth-order valence-corrected chi connectivity index (χ4v) is 2.14. The average Bonchev–Trinajstić information content (AvgIpc) is 2.67. The number of rotatable bonds is 3. The number of benzene rings is 1. The number of ketones is 1. The number of carbonyl (C=O) groups excluding carboxylic acids is 1. The molecule has 8 heteroatoms. The summed E-state index contributed by atoms with van der Waals surface area (Å²) in [5, 5.41) is 3.90. The molecule has 1 aromatic carbocycles. The first kappa shape index (κ1) is 14.6. The highest BCUT2D eigenvalue weighted by Crippen LogP contribution is 2.24. The van der Waals surface area contributed by atoms with Crippen molar-refractivity contribution < 1.29 is 22.7 Å². The Morgan fingerprint density at radius 3 is 2.35 bits per heavy atom. The highest BCUT2D eigenvalue weighted by molar-refractivity contribution is 9.10. The van der Waals surface area contributed by atoms with Gasteiger partial charge in [-0.05, 0) is 40.2 Å². The van der Waals surface area contributed by atoms with Crippen LogP contribution in [0, 0.1) is 0 Å². The van der Waals surface area contributed by atoms with E-state index in [1.165, 1.54) is 23.0 Å². The van der Waals surface area contributed by atoms with Crippen LogP contribution in [0.2, 0.25) is 0 Å². The first-order chi connectivity index (χ1) is 9.28. The normalized spacial score (nSPS) is 11.4. The number of hydrogen-bond acceptors (Lipinski definition) is 3. The number of aryl methyl sites for hydroxylation is 1. The van der Waals surface area contributed by atoms with E-state index < -0.39 is 6.36 Å². The van der Waals surface area contributed by atoms with Gasteiger partial charge in [0.2, 0.25) is 5.78 Å². The van der Waals surface area contributed by atoms with Gasteiger partial charge in [-0.3, -0.25) is 9.48 Å². The second-order valence-electron chi connectivity index (χ2n) is 3.87. The lowest BCUT2D eigenvalue weighted by Gasteiger charge is -2.09. The molecule has 0 radical (unpaired) electrons. The maximum Gasteiger partial charge on any atom is 0.573 e. The Kier molecular flexibility index (Phi) is 3.85. The topological polar surface area (TPSA) is 44.1 Å². The highest BCUT2D eigenvalue weighted by atomic mass is 79.9. The molecule has 106 valence electrons. The van der Waals surface area contributed by atoms with E-state index in [2.05, 4.69) is 25.8 Å². The Morgan fingerprint density at radius 2 is 1.90 bits per heavy atom. The molecule has 0 saturated heterocycles. The summed E-state index contributed by atoms with van der Waals surface area (Å²) in [6, 6.07) is 4.71. The van der Waals surface area contributed by atoms with Crippen LogP contribution in [-0.2, 0) is 7.05 Å². The van der Waals surface area contributed by atoms with Crippen LogP contribution >= 0.6 is 15.9 Å². The fraction of sp³-hybridized carbons (Fsp3) is 0.167. The molecule has 2 rings (SSSR count). The molecule has 0 unspecified atom stereocenters. The molecular weight excluding hydrogens is 341 g/mol. The van der Waals surface area contributed by atoms with Crippen LogP contribution in [-0.4, -0.2) is 21.9 Å². The van der Waals surface area contributed by atoms with E-state index in [9.17, 15) is 18.0 Å². The molecular formula is C12H8BrF3N2O2. The third-order valence-corrected chi connectivity index (χ3v) is 3.04. The van der Waals surface area contributed by atoms with E-state index in [4.69, 9.17) is 0 Å². The summed E-state index contributed by atoms with van der Waals surface area (Å²) >= 11 is 3.19. The minimum absolute atomic E-state index is 0.240. The molecule has 0 N–H and O–H groups in total. The van der Waals surface area contributed by atoms with Crippen molar-refractivity contribution in [2.75, 3.05) is 0 Å². The van der Waals surface area contributed by atoms with E-state index in [1.54, 1.807) is 7.05 Å². The summed E-state index contributed by atoms with van der Waals surface area (Å²) < 4.78 is 41.7. The summed E-state index contributed by atoms with van der Waals surface area (Å²) in [4.78, 5) is 12.2. The van der Waals surface area contributed by atoms with Crippen LogP contribution < -0.4 is 4.74 Å². The summed E-state index contributed by atoms with van der Waals surface area (Å²) in [5.74, 6) is -0.728. The summed E-state index contributed by atoms with van der Waals surface area (Å²) in [5.41, 5.74) is 0.554. The van der Waals surface area contributed by atoms with Gasteiger partial charge in [-0.1, -0.05) is 0 Å². The minimum Gasteiger partial charge on any atom is -0.406 e. The number of nitrogens with zero attached hydrogens (tertiary/aromatic N) is 2. The summed E-state index contributed by atoms with van der Waals surface area (Å²) in [6.07, 6.45) is -3.29. The number of alkyl halides is 3. The monoisotopic (exact) mass is 348 g/mol. The predicted octanol–water partition coefficient (Wildman–Crippen LogP) is 3.31. The smallest absolute Gasteiger partial charge is 0.406 e. The van der Waals surface area contributed by atoms with Crippen molar-refractivity contribution >= 4 is 21.7 Å². The van der Waals surface area contributed by atoms with E-state index in [0.29, 0.717) is 10.2 Å². The van der Waals surface area contributed by atoms with Crippen LogP contribution in [0.3, 0.4) is 0 Å². The molecule has 2 aromatic rings. The highest BCUT2D eigenvalue weighted by Gasteiger charge is 2.31. The van der Waals surface area contributed by atoms with Gasteiger partial charge in [0.05, 0.1) is 10.7 Å². The van der Waals surface area contributed by atoms with Crippen molar-refractivity contribution in [3.05, 3.63) is 46.2 Å². The Morgan fingerprint density at radius 1 is 1.30 bits per heavy atom. The van der Waals surface area contributed by atoms with Gasteiger partial charge in [0, 0.05) is 12.6 Å². The Labute approximate surface area is 120 Å². The van der Waals surface area contributed by atoms with Gasteiger partial charge in [-0.15, -0.1) is 13.2 Å². The molecule has 0 bridgehead atoms. The lowest BCUT2D eigenvalue weighted by molar-refractivity contribution is -0.274. The van der Waals surface area contributed by atoms with Crippen LogP contribution in [0.5, 0.6) is 5.75 Å². The van der Waals surface area contributed by atoms with Gasteiger partial charge in [0.25, 0.3) is 0 Å². The molecule has 0 amide bonds. The van der Waals surface area contributed by atoms with Crippen molar-refractivity contribution in [2.24, 2.45) is 7.05 Å². The van der Waals surface area contributed by atoms with Crippen LogP contribution in [0.4, 0.5) is 13.2 Å². The van der Waals surface area contributed by atoms with Crippen molar-refractivity contribution in [2.45, 2.75) is 6.36 Å². The third kappa shape index (κ3) is 3.19. The third-order valence-electron chi connectivity index (χ3n) is 2.46. The molecule has 0 aliphatic rings. The number of hydrogen-bond donors (Lipinski definition) is 0. The SMILES string of the molecule is Cn1ncc(Br)c1C(=O)c1ccc(OC(F)(F)F)cc1. The van der Waals surface area contributed by atoms with E-state index in [-0.39, 0.29) is 17.1 Å². The lowest BCUT2D eigenvalue weighted by atomic mass is 10.1. The predicted molar refractivity (Wildman–Crippen MR) is 67.5 cm³/mol. The standard InChI is InChI=1S/C12H8BrF3N2O2/c1-18-10(9(13)6-17-18)11(19)7-2-4-8(5-3-7)20-12(14,15)16/h2-6H,1H3. The molecule has 0 fully saturated rings. The Hall–Kier alpha value is -1.83. The van der Waals surface area contributed by atoms with Crippen molar-refractivity contribution in [1.29, 1.82) is 0 Å². The molecule has 0 atom stereocenters. The van der Waals surface area contributed by atoms with Crippen LogP contribution in [0.25, 0.3) is 0 Å². The quantitative estimate of drug-likeness (QED) is 0.799. The average molecular weight is 349 g/mol. The van der Waals surface area contributed by atoms with Crippen molar-refractivity contribution in [1.82, 2.24) is 9.78 Å². The molecule has 0 spiro atoms. The number of carbonyl (C=O) groups is 1. The van der Waals surface area contributed by atoms with Crippen LogP contribution in [0.1, 0.15) is 16.1 Å². The van der Waals surface area contributed by atoms with Gasteiger partial charge in [0.1, 0.15) is 11.4 Å². The summed E-state index contributed by atoms with van der Waals surface area (Å²) in [6.45, 7) is 0. The first-order valence-corrected chi connectivity index (χ1v) is 6.15. The molecule has 0 aliphatic carbocycles. The van der Waals surface area contributed by atoms with Gasteiger partial charge in [-0.25, -0.2) is 0 Å². The molecule has 1 aromatic heterocycles.